The summed E-state index contributed by atoms with van der Waals surface area (Å²) in [6, 6.07) is 8.60. The quantitative estimate of drug-likeness (QED) is 0.508. The molecule has 0 radical (unpaired) electrons. The van der Waals surface area contributed by atoms with Gasteiger partial charge in [-0.3, -0.25) is 10.1 Å². The van der Waals surface area contributed by atoms with Crippen molar-refractivity contribution in [3.63, 3.8) is 0 Å². The number of rotatable bonds is 4. The first-order chi connectivity index (χ1) is 12.3. The second-order valence-electron chi connectivity index (χ2n) is 5.46. The molecular formula is C17H12F3N3O3. The first-order valence-electron chi connectivity index (χ1n) is 7.41. The molecule has 6 nitrogen and oxygen atoms in total. The van der Waals surface area contributed by atoms with E-state index in [1.165, 1.54) is 37.4 Å². The molecule has 0 atom stereocenters. The van der Waals surface area contributed by atoms with Crippen LogP contribution in [-0.4, -0.2) is 22.0 Å². The number of hydrogen-bond acceptors (Lipinski definition) is 5. The summed E-state index contributed by atoms with van der Waals surface area (Å²) < 4.78 is 44.1. The van der Waals surface area contributed by atoms with Crippen molar-refractivity contribution >= 4 is 16.6 Å². The predicted octanol–water partition coefficient (Wildman–Crippen LogP) is 4.37. The molecule has 0 unspecified atom stereocenters. The van der Waals surface area contributed by atoms with Crippen molar-refractivity contribution < 1.29 is 22.8 Å². The number of benzene rings is 2. The summed E-state index contributed by atoms with van der Waals surface area (Å²) in [5.74, 6) is 0.265. The second-order valence-corrected chi connectivity index (χ2v) is 5.46. The van der Waals surface area contributed by atoms with Gasteiger partial charge in [0.15, 0.2) is 5.82 Å². The number of nitrogens with zero attached hydrogens (tertiary/aromatic N) is 3. The van der Waals surface area contributed by atoms with Gasteiger partial charge in [-0.25, -0.2) is 9.97 Å². The third-order valence-electron chi connectivity index (χ3n) is 3.67. The number of fused-ring (bicyclic) bond motifs is 1. The zero-order chi connectivity index (χ0) is 18.9. The SMILES string of the molecule is COCc1nc(-c2cccc(C(F)(F)F)c2)c2cc([N+](=O)[O-])ccc2n1. The van der Waals surface area contributed by atoms with E-state index in [-0.39, 0.29) is 29.4 Å². The van der Waals surface area contributed by atoms with Gasteiger partial charge in [0, 0.05) is 30.2 Å². The number of nitro groups is 1. The monoisotopic (exact) mass is 363 g/mol. The molecule has 0 spiro atoms. The number of halogens is 3. The van der Waals surface area contributed by atoms with Gasteiger partial charge < -0.3 is 4.74 Å². The van der Waals surface area contributed by atoms with Gasteiger partial charge in [-0.15, -0.1) is 0 Å². The summed E-state index contributed by atoms with van der Waals surface area (Å²) in [5.41, 5.74) is -0.290. The highest BCUT2D eigenvalue weighted by molar-refractivity contribution is 5.93. The Kier molecular flexibility index (Phi) is 4.56. The molecule has 1 aromatic heterocycles. The van der Waals surface area contributed by atoms with Gasteiger partial charge in [0.2, 0.25) is 0 Å². The lowest BCUT2D eigenvalue weighted by Crippen LogP contribution is -2.05. The van der Waals surface area contributed by atoms with Crippen LogP contribution < -0.4 is 0 Å². The fourth-order valence-corrected chi connectivity index (χ4v) is 2.53. The van der Waals surface area contributed by atoms with Crippen molar-refractivity contribution in [3.05, 3.63) is 64.0 Å². The Labute approximate surface area is 145 Å². The van der Waals surface area contributed by atoms with Crippen LogP contribution in [0.15, 0.2) is 42.5 Å². The molecule has 0 aliphatic heterocycles. The molecule has 3 rings (SSSR count). The van der Waals surface area contributed by atoms with Gasteiger partial charge in [-0.2, -0.15) is 13.2 Å². The molecule has 0 N–H and O–H groups in total. The van der Waals surface area contributed by atoms with Crippen LogP contribution in [0.5, 0.6) is 0 Å². The maximum atomic E-state index is 13.0. The molecule has 1 heterocycles. The van der Waals surface area contributed by atoms with E-state index in [2.05, 4.69) is 9.97 Å². The Morgan fingerprint density at radius 2 is 1.92 bits per heavy atom. The third kappa shape index (κ3) is 3.47. The van der Waals surface area contributed by atoms with E-state index >= 15 is 0 Å². The fraction of sp³-hybridized carbons (Fsp3) is 0.176. The van der Waals surface area contributed by atoms with Crippen LogP contribution >= 0.6 is 0 Å². The van der Waals surface area contributed by atoms with E-state index in [1.807, 2.05) is 0 Å². The van der Waals surface area contributed by atoms with Crippen LogP contribution in [0.4, 0.5) is 18.9 Å². The van der Waals surface area contributed by atoms with E-state index in [4.69, 9.17) is 4.74 Å². The maximum Gasteiger partial charge on any atom is 0.416 e. The summed E-state index contributed by atoms with van der Waals surface area (Å²) in [6.45, 7) is 0.0545. The van der Waals surface area contributed by atoms with Crippen LogP contribution in [0.1, 0.15) is 11.4 Å². The lowest BCUT2D eigenvalue weighted by Gasteiger charge is -2.11. The van der Waals surface area contributed by atoms with Crippen molar-refractivity contribution in [2.45, 2.75) is 12.8 Å². The van der Waals surface area contributed by atoms with Crippen LogP contribution in [0.25, 0.3) is 22.2 Å². The summed E-state index contributed by atoms with van der Waals surface area (Å²) in [5, 5.41) is 11.3. The van der Waals surface area contributed by atoms with Gasteiger partial charge in [0.1, 0.15) is 6.61 Å². The molecule has 134 valence electrons. The molecule has 0 saturated heterocycles. The van der Waals surface area contributed by atoms with Crippen molar-refractivity contribution in [2.75, 3.05) is 7.11 Å². The van der Waals surface area contributed by atoms with E-state index < -0.39 is 16.7 Å². The number of aromatic nitrogens is 2. The minimum absolute atomic E-state index is 0.0545. The first-order valence-corrected chi connectivity index (χ1v) is 7.41. The molecule has 0 aliphatic rings. The minimum atomic E-state index is -4.51. The summed E-state index contributed by atoms with van der Waals surface area (Å²) in [6.07, 6.45) is -4.51. The average molecular weight is 363 g/mol. The van der Waals surface area contributed by atoms with Gasteiger partial charge >= 0.3 is 6.18 Å². The summed E-state index contributed by atoms with van der Waals surface area (Å²) in [7, 11) is 1.44. The standard InChI is InChI=1S/C17H12F3N3O3/c1-26-9-15-21-14-6-5-12(23(24)25)8-13(14)16(22-15)10-3-2-4-11(7-10)17(18,19)20/h2-8H,9H2,1H3. The maximum absolute atomic E-state index is 13.0. The number of alkyl halides is 3. The van der Waals surface area contributed by atoms with Crippen molar-refractivity contribution in [2.24, 2.45) is 0 Å². The van der Waals surface area contributed by atoms with Crippen molar-refractivity contribution in [1.29, 1.82) is 0 Å². The van der Waals surface area contributed by atoms with E-state index in [0.29, 0.717) is 10.9 Å². The number of methoxy groups -OCH3 is 1. The smallest absolute Gasteiger partial charge is 0.377 e. The lowest BCUT2D eigenvalue weighted by molar-refractivity contribution is -0.384. The Balaban J connectivity index is 2.28. The van der Waals surface area contributed by atoms with Gasteiger partial charge in [0.05, 0.1) is 21.7 Å². The largest absolute Gasteiger partial charge is 0.416 e. The molecule has 26 heavy (non-hydrogen) atoms. The van der Waals surface area contributed by atoms with Crippen molar-refractivity contribution in [1.82, 2.24) is 9.97 Å². The number of non-ortho nitro benzene ring substituents is 1. The molecule has 0 aliphatic carbocycles. The van der Waals surface area contributed by atoms with E-state index in [9.17, 15) is 23.3 Å². The van der Waals surface area contributed by atoms with Crippen LogP contribution in [0, 0.1) is 10.1 Å². The zero-order valence-electron chi connectivity index (χ0n) is 13.4. The molecule has 3 aromatic rings. The molecule has 0 amide bonds. The molecular weight excluding hydrogens is 351 g/mol. The molecule has 9 heteroatoms. The van der Waals surface area contributed by atoms with Crippen LogP contribution in [-0.2, 0) is 17.5 Å². The Hall–Kier alpha value is -3.07. The minimum Gasteiger partial charge on any atom is -0.377 e. The third-order valence-corrected chi connectivity index (χ3v) is 3.67. The van der Waals surface area contributed by atoms with Crippen LogP contribution in [0.3, 0.4) is 0 Å². The lowest BCUT2D eigenvalue weighted by atomic mass is 10.0. The first kappa shape index (κ1) is 17.7. The highest BCUT2D eigenvalue weighted by atomic mass is 19.4. The highest BCUT2D eigenvalue weighted by Gasteiger charge is 2.30. The van der Waals surface area contributed by atoms with E-state index in [0.717, 1.165) is 12.1 Å². The number of nitro benzene ring substituents is 1. The molecule has 2 aromatic carbocycles. The second kappa shape index (κ2) is 6.68. The van der Waals surface area contributed by atoms with Gasteiger partial charge in [-0.05, 0) is 18.2 Å². The van der Waals surface area contributed by atoms with Crippen LogP contribution in [0.2, 0.25) is 0 Å². The van der Waals surface area contributed by atoms with E-state index in [1.54, 1.807) is 0 Å². The average Bonchev–Trinajstić information content (AvgIpc) is 2.60. The summed E-state index contributed by atoms with van der Waals surface area (Å²) >= 11 is 0. The zero-order valence-corrected chi connectivity index (χ0v) is 13.4. The summed E-state index contributed by atoms with van der Waals surface area (Å²) in [4.78, 5) is 19.0. The fourth-order valence-electron chi connectivity index (χ4n) is 2.53. The van der Waals surface area contributed by atoms with Gasteiger partial charge in [-0.1, -0.05) is 12.1 Å². The Morgan fingerprint density at radius 1 is 1.15 bits per heavy atom. The Bertz CT molecular complexity index is 990. The molecule has 0 saturated carbocycles. The highest BCUT2D eigenvalue weighted by Crippen LogP contribution is 2.34. The normalized spacial score (nSPS) is 11.7. The number of ether oxygens (including phenoxy) is 1. The van der Waals surface area contributed by atoms with Crippen molar-refractivity contribution in [3.8, 4) is 11.3 Å². The Morgan fingerprint density at radius 3 is 2.58 bits per heavy atom. The number of hydrogen-bond donors (Lipinski definition) is 0. The molecule has 0 bridgehead atoms. The van der Waals surface area contributed by atoms with Gasteiger partial charge in [0.25, 0.3) is 5.69 Å². The predicted molar refractivity (Wildman–Crippen MR) is 87.3 cm³/mol. The molecule has 0 fully saturated rings. The topological polar surface area (TPSA) is 78.2 Å².